The lowest BCUT2D eigenvalue weighted by Crippen LogP contribution is -2.22. The second kappa shape index (κ2) is 6.69. The van der Waals surface area contributed by atoms with Gasteiger partial charge in [-0.25, -0.2) is 0 Å². The second-order valence-electron chi connectivity index (χ2n) is 7.19. The maximum Gasteiger partial charge on any atom is 0.0805 e. The molecule has 0 aliphatic heterocycles. The van der Waals surface area contributed by atoms with E-state index in [0.29, 0.717) is 0 Å². The van der Waals surface area contributed by atoms with Gasteiger partial charge < -0.3 is 0 Å². The zero-order valence-electron chi connectivity index (χ0n) is 15.5. The molecule has 2 heteroatoms. The number of aromatic nitrogens is 1. The summed E-state index contributed by atoms with van der Waals surface area (Å²) in [6.07, 6.45) is 1.04. The van der Waals surface area contributed by atoms with Gasteiger partial charge in [0.25, 0.3) is 0 Å². The molecule has 2 heterocycles. The first-order chi connectivity index (χ1) is 12.6. The molecule has 0 bridgehead atoms. The maximum atomic E-state index is 5.07. The van der Waals surface area contributed by atoms with Crippen molar-refractivity contribution in [3.8, 4) is 10.6 Å². The fourth-order valence-corrected chi connectivity index (χ4v) is 4.64. The van der Waals surface area contributed by atoms with E-state index >= 15 is 0 Å². The Morgan fingerprint density at radius 3 is 2.46 bits per heavy atom. The van der Waals surface area contributed by atoms with Crippen LogP contribution < -0.4 is 0 Å². The van der Waals surface area contributed by atoms with E-state index in [4.69, 9.17) is 4.98 Å². The molecule has 26 heavy (non-hydrogen) atoms. The van der Waals surface area contributed by atoms with E-state index in [9.17, 15) is 0 Å². The molecule has 0 aliphatic rings. The zero-order valence-corrected chi connectivity index (χ0v) is 16.3. The van der Waals surface area contributed by atoms with E-state index in [0.717, 1.165) is 17.8 Å². The molecule has 0 aliphatic carbocycles. The summed E-state index contributed by atoms with van der Waals surface area (Å²) in [5, 5.41) is 1.29. The van der Waals surface area contributed by atoms with Gasteiger partial charge in [0.2, 0.25) is 0 Å². The molecule has 0 fully saturated rings. The predicted molar refractivity (Wildman–Crippen MR) is 113 cm³/mol. The van der Waals surface area contributed by atoms with E-state index in [-0.39, 0.29) is 5.41 Å². The normalized spacial score (nSPS) is 11.8. The first kappa shape index (κ1) is 17.0. The Hall–Kier alpha value is -2.45. The molecule has 0 unspecified atom stereocenters. The Bertz CT molecular complexity index is 1030. The number of hydrogen-bond acceptors (Lipinski definition) is 2. The molecule has 0 amide bonds. The minimum atomic E-state index is -0.126. The Kier molecular flexibility index (Phi) is 4.37. The summed E-state index contributed by atoms with van der Waals surface area (Å²) < 4.78 is 1.31. The van der Waals surface area contributed by atoms with Crippen molar-refractivity contribution in [1.82, 2.24) is 4.98 Å². The van der Waals surface area contributed by atoms with Crippen LogP contribution in [-0.2, 0) is 11.8 Å². The van der Waals surface area contributed by atoms with Gasteiger partial charge in [-0.3, -0.25) is 4.98 Å². The van der Waals surface area contributed by atoms with Gasteiger partial charge in [-0.2, -0.15) is 0 Å². The molecule has 0 radical (unpaired) electrons. The van der Waals surface area contributed by atoms with Crippen LogP contribution in [-0.4, -0.2) is 4.98 Å². The summed E-state index contributed by atoms with van der Waals surface area (Å²) in [4.78, 5) is 6.30. The van der Waals surface area contributed by atoms with Gasteiger partial charge >= 0.3 is 0 Å². The van der Waals surface area contributed by atoms with Crippen LogP contribution in [0.2, 0.25) is 0 Å². The van der Waals surface area contributed by atoms with E-state index in [1.165, 1.54) is 26.1 Å². The van der Waals surface area contributed by atoms with Crippen molar-refractivity contribution in [3.63, 3.8) is 0 Å². The Morgan fingerprint density at radius 1 is 0.885 bits per heavy atom. The van der Waals surface area contributed by atoms with Crippen molar-refractivity contribution in [2.75, 3.05) is 0 Å². The summed E-state index contributed by atoms with van der Waals surface area (Å²) in [5.74, 6) is 0. The number of rotatable bonds is 4. The minimum absolute atomic E-state index is 0.126. The standard InChI is InChI=1S/C24H23NS/c1-4-17-10-5-7-12-19(17)24(2,3)23-15-9-13-20(25-23)22-16-18-11-6-8-14-21(18)26-22/h5-16H,4H2,1-3H3. The Labute approximate surface area is 159 Å². The van der Waals surface area contributed by atoms with Crippen LogP contribution in [0.15, 0.2) is 72.8 Å². The van der Waals surface area contributed by atoms with Gasteiger partial charge in [0.1, 0.15) is 0 Å². The minimum Gasteiger partial charge on any atom is -0.251 e. The van der Waals surface area contributed by atoms with Gasteiger partial charge in [0.15, 0.2) is 0 Å². The first-order valence-electron chi connectivity index (χ1n) is 9.14. The van der Waals surface area contributed by atoms with Crippen molar-refractivity contribution in [1.29, 1.82) is 0 Å². The number of hydrogen-bond donors (Lipinski definition) is 0. The van der Waals surface area contributed by atoms with Crippen LogP contribution in [0.25, 0.3) is 20.7 Å². The molecular formula is C24H23NS. The van der Waals surface area contributed by atoms with E-state index in [1.54, 1.807) is 0 Å². The summed E-state index contributed by atoms with van der Waals surface area (Å²) in [6.45, 7) is 6.77. The molecule has 2 aromatic carbocycles. The summed E-state index contributed by atoms with van der Waals surface area (Å²) >= 11 is 1.81. The highest BCUT2D eigenvalue weighted by Crippen LogP contribution is 2.36. The highest BCUT2D eigenvalue weighted by molar-refractivity contribution is 7.22. The van der Waals surface area contributed by atoms with Gasteiger partial charge in [-0.1, -0.05) is 69.3 Å². The predicted octanol–water partition coefficient (Wildman–Crippen LogP) is 6.85. The molecular weight excluding hydrogens is 334 g/mol. The molecule has 0 saturated carbocycles. The van der Waals surface area contributed by atoms with Crippen molar-refractivity contribution in [3.05, 3.63) is 89.6 Å². The molecule has 0 saturated heterocycles. The molecule has 4 aromatic rings. The lowest BCUT2D eigenvalue weighted by Gasteiger charge is -2.27. The van der Waals surface area contributed by atoms with Crippen molar-refractivity contribution >= 4 is 21.4 Å². The monoisotopic (exact) mass is 357 g/mol. The fraction of sp³-hybridized carbons (Fsp3) is 0.208. The number of benzene rings is 2. The average Bonchev–Trinajstić information content (AvgIpc) is 3.12. The van der Waals surface area contributed by atoms with Crippen molar-refractivity contribution in [2.24, 2.45) is 0 Å². The molecule has 0 N–H and O–H groups in total. The molecule has 0 spiro atoms. The fourth-order valence-electron chi connectivity index (χ4n) is 3.60. The topological polar surface area (TPSA) is 12.9 Å². The van der Waals surface area contributed by atoms with Crippen LogP contribution in [0.4, 0.5) is 0 Å². The van der Waals surface area contributed by atoms with Crippen molar-refractivity contribution in [2.45, 2.75) is 32.6 Å². The van der Waals surface area contributed by atoms with Crippen LogP contribution in [0.3, 0.4) is 0 Å². The van der Waals surface area contributed by atoms with E-state index < -0.39 is 0 Å². The number of aryl methyl sites for hydroxylation is 1. The van der Waals surface area contributed by atoms with Crippen LogP contribution in [0, 0.1) is 0 Å². The zero-order chi connectivity index (χ0) is 18.1. The third-order valence-electron chi connectivity index (χ3n) is 5.14. The number of fused-ring (bicyclic) bond motifs is 1. The van der Waals surface area contributed by atoms with Crippen molar-refractivity contribution < 1.29 is 0 Å². The summed E-state index contributed by atoms with van der Waals surface area (Å²) in [7, 11) is 0. The third-order valence-corrected chi connectivity index (χ3v) is 6.28. The molecule has 130 valence electrons. The molecule has 0 atom stereocenters. The highest BCUT2D eigenvalue weighted by atomic mass is 32.1. The van der Waals surface area contributed by atoms with Crippen LogP contribution >= 0.6 is 11.3 Å². The average molecular weight is 358 g/mol. The lowest BCUT2D eigenvalue weighted by atomic mass is 9.78. The first-order valence-corrected chi connectivity index (χ1v) is 9.96. The number of pyridine rings is 1. The summed E-state index contributed by atoms with van der Waals surface area (Å²) in [5.41, 5.74) is 4.81. The van der Waals surface area contributed by atoms with Crippen LogP contribution in [0.5, 0.6) is 0 Å². The van der Waals surface area contributed by atoms with Gasteiger partial charge in [-0.05, 0) is 47.2 Å². The van der Waals surface area contributed by atoms with Gasteiger partial charge in [0, 0.05) is 10.1 Å². The van der Waals surface area contributed by atoms with Gasteiger partial charge in [0.05, 0.1) is 16.3 Å². The quantitative estimate of drug-likeness (QED) is 0.389. The van der Waals surface area contributed by atoms with Crippen LogP contribution in [0.1, 0.15) is 37.6 Å². The van der Waals surface area contributed by atoms with E-state index in [2.05, 4.69) is 93.6 Å². The smallest absolute Gasteiger partial charge is 0.0805 e. The van der Waals surface area contributed by atoms with Gasteiger partial charge in [-0.15, -0.1) is 11.3 Å². The number of thiophene rings is 1. The maximum absolute atomic E-state index is 5.07. The second-order valence-corrected chi connectivity index (χ2v) is 8.28. The largest absolute Gasteiger partial charge is 0.251 e. The SMILES string of the molecule is CCc1ccccc1C(C)(C)c1cccc(-c2cc3ccccc3s2)n1. The molecule has 4 rings (SSSR count). The molecule has 1 nitrogen and oxygen atoms in total. The lowest BCUT2D eigenvalue weighted by molar-refractivity contribution is 0.610. The summed E-state index contributed by atoms with van der Waals surface area (Å²) in [6, 6.07) is 25.9. The molecule has 2 aromatic heterocycles. The Balaban J connectivity index is 1.79. The number of nitrogens with zero attached hydrogens (tertiary/aromatic N) is 1. The highest BCUT2D eigenvalue weighted by Gasteiger charge is 2.27. The van der Waals surface area contributed by atoms with E-state index in [1.807, 2.05) is 11.3 Å². The third kappa shape index (κ3) is 2.95. The Morgan fingerprint density at radius 2 is 1.65 bits per heavy atom.